The lowest BCUT2D eigenvalue weighted by molar-refractivity contribution is 0.564. The van der Waals surface area contributed by atoms with Gasteiger partial charge in [-0.25, -0.2) is 8.78 Å². The third-order valence-corrected chi connectivity index (χ3v) is 2.74. The maximum absolute atomic E-state index is 12.9. The van der Waals surface area contributed by atoms with Crippen molar-refractivity contribution in [3.8, 4) is 0 Å². The molecule has 2 nitrogen and oxygen atoms in total. The number of benzene rings is 1. The first-order chi connectivity index (χ1) is 8.65. The molecule has 1 unspecified atom stereocenters. The summed E-state index contributed by atoms with van der Waals surface area (Å²) >= 11 is 0. The number of aromatic nitrogens is 1. The largest absolute Gasteiger partial charge is 0.306 e. The van der Waals surface area contributed by atoms with Crippen LogP contribution in [0.3, 0.4) is 0 Å². The van der Waals surface area contributed by atoms with E-state index in [9.17, 15) is 8.78 Å². The molecule has 18 heavy (non-hydrogen) atoms. The van der Waals surface area contributed by atoms with Crippen molar-refractivity contribution in [2.24, 2.45) is 0 Å². The van der Waals surface area contributed by atoms with Crippen LogP contribution in [0.5, 0.6) is 0 Å². The molecule has 0 saturated carbocycles. The fraction of sp³-hybridized carbons (Fsp3) is 0.214. The van der Waals surface area contributed by atoms with Crippen molar-refractivity contribution in [2.75, 3.05) is 0 Å². The van der Waals surface area contributed by atoms with Crippen molar-refractivity contribution in [3.63, 3.8) is 0 Å². The molecule has 0 spiro atoms. The molecule has 1 aromatic carbocycles. The van der Waals surface area contributed by atoms with E-state index in [-0.39, 0.29) is 17.7 Å². The van der Waals surface area contributed by atoms with E-state index >= 15 is 0 Å². The summed E-state index contributed by atoms with van der Waals surface area (Å²) in [6, 6.07) is 7.83. The lowest BCUT2D eigenvalue weighted by Gasteiger charge is -2.14. The highest BCUT2D eigenvalue weighted by Gasteiger charge is 2.05. The maximum Gasteiger partial charge on any atom is 0.141 e. The first kappa shape index (κ1) is 12.6. The third kappa shape index (κ3) is 3.34. The minimum absolute atomic E-state index is 0.0638. The molecule has 0 amide bonds. The Hall–Kier alpha value is -1.81. The molecule has 0 fully saturated rings. The summed E-state index contributed by atoms with van der Waals surface area (Å²) in [6.45, 7) is 2.49. The number of nitrogens with one attached hydrogen (secondary N) is 1. The van der Waals surface area contributed by atoms with Crippen LogP contribution in [0.25, 0.3) is 0 Å². The van der Waals surface area contributed by atoms with Crippen LogP contribution < -0.4 is 5.32 Å². The summed E-state index contributed by atoms with van der Waals surface area (Å²) in [6.07, 6.45) is 2.79. The van der Waals surface area contributed by atoms with Gasteiger partial charge < -0.3 is 5.32 Å². The molecule has 0 bridgehead atoms. The molecule has 0 radical (unpaired) electrons. The van der Waals surface area contributed by atoms with Crippen molar-refractivity contribution < 1.29 is 8.78 Å². The quantitative estimate of drug-likeness (QED) is 0.898. The van der Waals surface area contributed by atoms with Gasteiger partial charge in [-0.15, -0.1) is 0 Å². The normalized spacial score (nSPS) is 12.4. The van der Waals surface area contributed by atoms with E-state index < -0.39 is 0 Å². The van der Waals surface area contributed by atoms with Gasteiger partial charge in [0.1, 0.15) is 11.6 Å². The summed E-state index contributed by atoms with van der Waals surface area (Å²) in [5.74, 6) is -0.594. The van der Waals surface area contributed by atoms with Crippen LogP contribution in [0.2, 0.25) is 0 Å². The summed E-state index contributed by atoms with van der Waals surface area (Å²) in [7, 11) is 0. The Morgan fingerprint density at radius 2 is 1.83 bits per heavy atom. The first-order valence-electron chi connectivity index (χ1n) is 5.73. The zero-order valence-electron chi connectivity index (χ0n) is 10.0. The van der Waals surface area contributed by atoms with E-state index in [2.05, 4.69) is 10.3 Å². The van der Waals surface area contributed by atoms with Crippen molar-refractivity contribution >= 4 is 0 Å². The Labute approximate surface area is 105 Å². The van der Waals surface area contributed by atoms with E-state index in [0.29, 0.717) is 6.54 Å². The fourth-order valence-corrected chi connectivity index (χ4v) is 1.69. The fourth-order valence-electron chi connectivity index (χ4n) is 1.69. The maximum atomic E-state index is 12.9. The van der Waals surface area contributed by atoms with Crippen LogP contribution in [-0.4, -0.2) is 4.98 Å². The van der Waals surface area contributed by atoms with E-state index in [1.54, 1.807) is 18.3 Å². The highest BCUT2D eigenvalue weighted by atomic mass is 19.1. The van der Waals surface area contributed by atoms with Crippen LogP contribution in [-0.2, 0) is 6.54 Å². The second kappa shape index (κ2) is 5.69. The Morgan fingerprint density at radius 3 is 2.50 bits per heavy atom. The van der Waals surface area contributed by atoms with Crippen molar-refractivity contribution in [1.82, 2.24) is 10.3 Å². The molecule has 1 heterocycles. The van der Waals surface area contributed by atoms with Crippen LogP contribution in [0.4, 0.5) is 8.78 Å². The van der Waals surface area contributed by atoms with Crippen molar-refractivity contribution in [3.05, 3.63) is 65.5 Å². The van der Waals surface area contributed by atoms with Crippen LogP contribution in [0, 0.1) is 11.6 Å². The molecule has 0 saturated heterocycles. The molecule has 0 aliphatic carbocycles. The number of pyridine rings is 1. The smallest absolute Gasteiger partial charge is 0.141 e. The van der Waals surface area contributed by atoms with Gasteiger partial charge in [0.15, 0.2) is 0 Å². The third-order valence-electron chi connectivity index (χ3n) is 2.74. The zero-order valence-corrected chi connectivity index (χ0v) is 10.0. The Bertz CT molecular complexity index is 511. The van der Waals surface area contributed by atoms with Crippen molar-refractivity contribution in [2.45, 2.75) is 19.5 Å². The summed E-state index contributed by atoms with van der Waals surface area (Å²) in [5.41, 5.74) is 1.77. The lowest BCUT2D eigenvalue weighted by Crippen LogP contribution is -2.18. The molecular formula is C14H14F2N2. The Balaban J connectivity index is 1.96. The first-order valence-corrected chi connectivity index (χ1v) is 5.73. The second-order valence-corrected chi connectivity index (χ2v) is 4.17. The van der Waals surface area contributed by atoms with E-state index in [4.69, 9.17) is 0 Å². The highest BCUT2D eigenvalue weighted by molar-refractivity contribution is 5.19. The van der Waals surface area contributed by atoms with E-state index in [1.807, 2.05) is 6.92 Å². The standard InChI is InChI=1S/C14H14F2N2/c1-10(12-2-4-13(15)5-3-12)18-8-11-6-14(16)9-17-7-11/h2-7,9-10,18H,8H2,1H3. The molecule has 2 aromatic rings. The van der Waals surface area contributed by atoms with Crippen LogP contribution in [0.15, 0.2) is 42.7 Å². The number of hydrogen-bond acceptors (Lipinski definition) is 2. The second-order valence-electron chi connectivity index (χ2n) is 4.17. The van der Waals surface area contributed by atoms with Crippen LogP contribution in [0.1, 0.15) is 24.1 Å². The molecule has 2 rings (SSSR count). The minimum Gasteiger partial charge on any atom is -0.306 e. The van der Waals surface area contributed by atoms with Gasteiger partial charge in [0, 0.05) is 18.8 Å². The predicted molar refractivity (Wildman–Crippen MR) is 65.8 cm³/mol. The molecular weight excluding hydrogens is 234 g/mol. The molecule has 1 aromatic heterocycles. The predicted octanol–water partition coefficient (Wildman–Crippen LogP) is 3.21. The van der Waals surface area contributed by atoms with Gasteiger partial charge in [-0.2, -0.15) is 0 Å². The minimum atomic E-state index is -0.344. The van der Waals surface area contributed by atoms with Gasteiger partial charge in [-0.3, -0.25) is 4.98 Å². The molecule has 0 aliphatic rings. The molecule has 1 N–H and O–H groups in total. The topological polar surface area (TPSA) is 24.9 Å². The number of hydrogen-bond donors (Lipinski definition) is 1. The van der Waals surface area contributed by atoms with E-state index in [0.717, 1.165) is 11.1 Å². The van der Waals surface area contributed by atoms with Crippen LogP contribution >= 0.6 is 0 Å². The molecule has 0 aliphatic heterocycles. The number of rotatable bonds is 4. The summed E-state index contributed by atoms with van der Waals surface area (Å²) < 4.78 is 25.7. The van der Waals surface area contributed by atoms with Crippen molar-refractivity contribution in [1.29, 1.82) is 0 Å². The summed E-state index contributed by atoms with van der Waals surface area (Å²) in [4.78, 5) is 3.78. The average molecular weight is 248 g/mol. The van der Waals surface area contributed by atoms with Gasteiger partial charge >= 0.3 is 0 Å². The molecule has 4 heteroatoms. The highest BCUT2D eigenvalue weighted by Crippen LogP contribution is 2.13. The van der Waals surface area contributed by atoms with E-state index in [1.165, 1.54) is 24.4 Å². The molecule has 94 valence electrons. The van der Waals surface area contributed by atoms with Gasteiger partial charge in [0.25, 0.3) is 0 Å². The summed E-state index contributed by atoms with van der Waals surface area (Å²) in [5, 5.41) is 3.23. The Morgan fingerprint density at radius 1 is 1.11 bits per heavy atom. The average Bonchev–Trinajstić information content (AvgIpc) is 2.37. The van der Waals surface area contributed by atoms with Gasteiger partial charge in [0.05, 0.1) is 6.20 Å². The number of nitrogens with zero attached hydrogens (tertiary/aromatic N) is 1. The SMILES string of the molecule is CC(NCc1cncc(F)c1)c1ccc(F)cc1. The lowest BCUT2D eigenvalue weighted by atomic mass is 10.1. The van der Waals surface area contributed by atoms with Gasteiger partial charge in [-0.05, 0) is 36.2 Å². The Kier molecular flexibility index (Phi) is 3.99. The zero-order chi connectivity index (χ0) is 13.0. The van der Waals surface area contributed by atoms with Gasteiger partial charge in [0.2, 0.25) is 0 Å². The molecule has 1 atom stereocenters. The number of halogens is 2. The monoisotopic (exact) mass is 248 g/mol. The van der Waals surface area contributed by atoms with Gasteiger partial charge in [-0.1, -0.05) is 12.1 Å².